The molecule has 0 spiro atoms. The van der Waals surface area contributed by atoms with Gasteiger partial charge in [0.05, 0.1) is 5.75 Å². The smallest absolute Gasteiger partial charge is 0.248 e. The minimum Gasteiger partial charge on any atom is -0.358 e. The van der Waals surface area contributed by atoms with Gasteiger partial charge >= 0.3 is 0 Å². The molecule has 2 aromatic rings. The van der Waals surface area contributed by atoms with E-state index >= 15 is 0 Å². The van der Waals surface area contributed by atoms with Gasteiger partial charge in [-0.05, 0) is 38.2 Å². The minimum atomic E-state index is -0.210. The Morgan fingerprint density at radius 1 is 1.27 bits per heavy atom. The number of aromatic nitrogens is 2. The highest BCUT2D eigenvalue weighted by atomic mass is 32.2. The van der Waals surface area contributed by atoms with E-state index in [1.165, 1.54) is 28.7 Å². The molecule has 2 rings (SSSR count). The molecule has 7 nitrogen and oxygen atoms in total. The first-order valence-electron chi connectivity index (χ1n) is 7.69. The molecule has 0 saturated carbocycles. The number of carbonyl (C=O) groups is 1. The van der Waals surface area contributed by atoms with Gasteiger partial charge in [0.15, 0.2) is 9.45 Å². The molecular weight excluding hydrogens is 388 g/mol. The van der Waals surface area contributed by atoms with Crippen LogP contribution in [0.3, 0.4) is 0 Å². The number of amides is 1. The molecule has 138 valence electrons. The van der Waals surface area contributed by atoms with Crippen molar-refractivity contribution >= 4 is 57.2 Å². The molecule has 0 atom stereocenters. The maximum absolute atomic E-state index is 11.8. The van der Waals surface area contributed by atoms with E-state index in [1.807, 2.05) is 38.1 Å². The summed E-state index contributed by atoms with van der Waals surface area (Å²) in [6.07, 6.45) is 0. The summed E-state index contributed by atoms with van der Waals surface area (Å²) in [6.45, 7) is 8.23. The fraction of sp³-hybridized carbons (Fsp3) is 0.250. The van der Waals surface area contributed by atoms with E-state index in [-0.39, 0.29) is 11.7 Å². The molecule has 0 saturated heterocycles. The number of hydrogen-bond acceptors (Lipinski definition) is 7. The zero-order valence-electron chi connectivity index (χ0n) is 14.5. The molecule has 1 heterocycles. The van der Waals surface area contributed by atoms with Crippen molar-refractivity contribution in [1.82, 2.24) is 26.4 Å². The Kier molecular flexibility index (Phi) is 7.82. The van der Waals surface area contributed by atoms with E-state index in [4.69, 9.17) is 12.2 Å². The third-order valence-corrected chi connectivity index (χ3v) is 5.12. The van der Waals surface area contributed by atoms with Crippen LogP contribution >= 0.6 is 35.3 Å². The zero-order valence-corrected chi connectivity index (χ0v) is 16.9. The molecular formula is C16H20N6OS3. The first-order chi connectivity index (χ1) is 12.4. The van der Waals surface area contributed by atoms with Crippen LogP contribution in [0.5, 0.6) is 0 Å². The molecule has 0 fully saturated rings. The third kappa shape index (κ3) is 7.38. The molecule has 10 heteroatoms. The standard InChI is InChI=1S/C16H20N6OS3/c1-10(2)8-17-14(24)20-19-13(23)9-25-16-22-21-15(26-16)18-12-6-4-11(3)5-7-12/h4-7H,1,8-9H2,2-3H3,(H,18,21)(H,19,23)(H2,17,20,24). The minimum absolute atomic E-state index is 0.204. The number of nitrogens with one attached hydrogen (secondary N) is 4. The highest BCUT2D eigenvalue weighted by Gasteiger charge is 2.08. The van der Waals surface area contributed by atoms with Crippen molar-refractivity contribution in [3.8, 4) is 0 Å². The maximum Gasteiger partial charge on any atom is 0.248 e. The van der Waals surface area contributed by atoms with Crippen molar-refractivity contribution in [3.63, 3.8) is 0 Å². The van der Waals surface area contributed by atoms with Gasteiger partial charge in [-0.2, -0.15) is 0 Å². The van der Waals surface area contributed by atoms with Gasteiger partial charge in [-0.15, -0.1) is 10.2 Å². The van der Waals surface area contributed by atoms with Gasteiger partial charge in [-0.25, -0.2) is 0 Å². The van der Waals surface area contributed by atoms with Gasteiger partial charge in [0.1, 0.15) is 0 Å². The number of rotatable bonds is 7. The van der Waals surface area contributed by atoms with Crippen molar-refractivity contribution in [2.45, 2.75) is 18.2 Å². The zero-order chi connectivity index (χ0) is 18.9. The van der Waals surface area contributed by atoms with Crippen LogP contribution in [0.4, 0.5) is 10.8 Å². The SMILES string of the molecule is C=C(C)CNC(=S)NNC(=O)CSc1nnc(Nc2ccc(C)cc2)s1. The number of carbonyl (C=O) groups excluding carboxylic acids is 1. The average molecular weight is 409 g/mol. The Balaban J connectivity index is 1.71. The van der Waals surface area contributed by atoms with Gasteiger partial charge < -0.3 is 10.6 Å². The largest absolute Gasteiger partial charge is 0.358 e. The average Bonchev–Trinajstić information content (AvgIpc) is 3.05. The molecule has 0 unspecified atom stereocenters. The van der Waals surface area contributed by atoms with Gasteiger partial charge in [-0.3, -0.25) is 15.6 Å². The van der Waals surface area contributed by atoms with Crippen molar-refractivity contribution in [2.24, 2.45) is 0 Å². The van der Waals surface area contributed by atoms with Crippen LogP contribution in [0.1, 0.15) is 12.5 Å². The number of hydrazine groups is 1. The second-order valence-electron chi connectivity index (χ2n) is 5.47. The lowest BCUT2D eigenvalue weighted by atomic mass is 10.2. The monoisotopic (exact) mass is 408 g/mol. The summed E-state index contributed by atoms with van der Waals surface area (Å²) >= 11 is 7.73. The van der Waals surface area contributed by atoms with E-state index in [9.17, 15) is 4.79 Å². The Labute approximate surface area is 166 Å². The second kappa shape index (κ2) is 10.1. The van der Waals surface area contributed by atoms with Crippen LogP contribution in [-0.4, -0.2) is 33.5 Å². The highest BCUT2D eigenvalue weighted by Crippen LogP contribution is 2.27. The van der Waals surface area contributed by atoms with E-state index in [1.54, 1.807) is 0 Å². The number of hydrogen-bond donors (Lipinski definition) is 4. The molecule has 0 radical (unpaired) electrons. The number of thiocarbonyl (C=S) groups is 1. The molecule has 0 bridgehead atoms. The molecule has 1 amide bonds. The Bertz CT molecular complexity index is 775. The topological polar surface area (TPSA) is 91.0 Å². The van der Waals surface area contributed by atoms with Crippen molar-refractivity contribution < 1.29 is 4.79 Å². The summed E-state index contributed by atoms with van der Waals surface area (Å²) in [5, 5.41) is 15.3. The third-order valence-electron chi connectivity index (χ3n) is 2.90. The van der Waals surface area contributed by atoms with Crippen LogP contribution in [0, 0.1) is 6.92 Å². The first-order valence-corrected chi connectivity index (χ1v) is 9.90. The summed E-state index contributed by atoms with van der Waals surface area (Å²) in [7, 11) is 0. The number of thioether (sulfide) groups is 1. The second-order valence-corrected chi connectivity index (χ2v) is 8.07. The molecule has 1 aromatic heterocycles. The summed E-state index contributed by atoms with van der Waals surface area (Å²) in [6, 6.07) is 8.00. The van der Waals surface area contributed by atoms with E-state index in [2.05, 4.69) is 38.3 Å². The van der Waals surface area contributed by atoms with Gasteiger partial charge in [0, 0.05) is 12.2 Å². The summed E-state index contributed by atoms with van der Waals surface area (Å²) in [5.74, 6) is -0.00681. The lowest BCUT2D eigenvalue weighted by molar-refractivity contribution is -0.119. The van der Waals surface area contributed by atoms with E-state index < -0.39 is 0 Å². The van der Waals surface area contributed by atoms with Crippen LogP contribution < -0.4 is 21.5 Å². The molecule has 1 aromatic carbocycles. The number of anilines is 2. The van der Waals surface area contributed by atoms with Crippen molar-refractivity contribution in [1.29, 1.82) is 0 Å². The van der Waals surface area contributed by atoms with E-state index in [0.29, 0.717) is 21.1 Å². The lowest BCUT2D eigenvalue weighted by Gasteiger charge is -2.10. The lowest BCUT2D eigenvalue weighted by Crippen LogP contribution is -2.47. The summed E-state index contributed by atoms with van der Waals surface area (Å²) in [5.41, 5.74) is 8.25. The Hall–Kier alpha value is -2.17. The number of aryl methyl sites for hydroxylation is 1. The van der Waals surface area contributed by atoms with Crippen LogP contribution in [-0.2, 0) is 4.79 Å². The quantitative estimate of drug-likeness (QED) is 0.241. The molecule has 26 heavy (non-hydrogen) atoms. The molecule has 0 aliphatic rings. The first kappa shape index (κ1) is 20.1. The van der Waals surface area contributed by atoms with Crippen molar-refractivity contribution in [3.05, 3.63) is 42.0 Å². The normalized spacial score (nSPS) is 10.1. The summed E-state index contributed by atoms with van der Waals surface area (Å²) < 4.78 is 0.706. The fourth-order valence-corrected chi connectivity index (χ4v) is 3.34. The maximum atomic E-state index is 11.8. The molecule has 0 aliphatic heterocycles. The van der Waals surface area contributed by atoms with Gasteiger partial charge in [-0.1, -0.05) is 52.9 Å². The van der Waals surface area contributed by atoms with Crippen LogP contribution in [0.25, 0.3) is 0 Å². The van der Waals surface area contributed by atoms with Gasteiger partial charge in [0.25, 0.3) is 0 Å². The summed E-state index contributed by atoms with van der Waals surface area (Å²) in [4.78, 5) is 11.8. The molecule has 4 N–H and O–H groups in total. The van der Waals surface area contributed by atoms with Crippen molar-refractivity contribution in [2.75, 3.05) is 17.6 Å². The van der Waals surface area contributed by atoms with E-state index in [0.717, 1.165) is 11.3 Å². The fourth-order valence-electron chi connectivity index (χ4n) is 1.64. The van der Waals surface area contributed by atoms with Gasteiger partial charge in [0.2, 0.25) is 11.0 Å². The predicted molar refractivity (Wildman–Crippen MR) is 112 cm³/mol. The Morgan fingerprint density at radius 3 is 2.69 bits per heavy atom. The highest BCUT2D eigenvalue weighted by molar-refractivity contribution is 8.01. The van der Waals surface area contributed by atoms with Crippen LogP contribution in [0.2, 0.25) is 0 Å². The number of nitrogens with zero attached hydrogens (tertiary/aromatic N) is 2. The predicted octanol–water partition coefficient (Wildman–Crippen LogP) is 2.75. The number of benzene rings is 1. The van der Waals surface area contributed by atoms with Crippen LogP contribution in [0.15, 0.2) is 40.8 Å². The Morgan fingerprint density at radius 2 is 2.00 bits per heavy atom. The molecule has 0 aliphatic carbocycles.